The molecule has 0 aliphatic heterocycles. The van der Waals surface area contributed by atoms with E-state index < -0.39 is 10.8 Å². The summed E-state index contributed by atoms with van der Waals surface area (Å²) in [5, 5.41) is 2.85. The van der Waals surface area contributed by atoms with E-state index >= 15 is 0 Å². The molecule has 0 radical (unpaired) electrons. The number of aryl methyl sites for hydroxylation is 1. The van der Waals surface area contributed by atoms with Crippen molar-refractivity contribution in [2.24, 2.45) is 0 Å². The number of benzene rings is 1. The van der Waals surface area contributed by atoms with Crippen molar-refractivity contribution in [3.63, 3.8) is 0 Å². The number of ether oxygens (including phenoxy) is 1. The zero-order chi connectivity index (χ0) is 16.2. The molecule has 0 amide bonds. The van der Waals surface area contributed by atoms with Crippen molar-refractivity contribution in [2.75, 3.05) is 7.11 Å². The molecule has 7 heteroatoms. The Labute approximate surface area is 140 Å². The maximum absolute atomic E-state index is 12.2. The Morgan fingerprint density at radius 3 is 2.70 bits per heavy atom. The molecule has 1 aromatic carbocycles. The van der Waals surface area contributed by atoms with E-state index in [9.17, 15) is 4.21 Å². The molecular formula is C16H16N2O3S2. The lowest BCUT2D eigenvalue weighted by Crippen LogP contribution is -2.00. The summed E-state index contributed by atoms with van der Waals surface area (Å²) in [5.41, 5.74) is 1.85. The SMILES string of the molecule is COc1ccc(-c2nc(C[S@](=O)Cc3ncc(C)o3)cs2)cc1. The lowest BCUT2D eigenvalue weighted by Gasteiger charge is -2.00. The molecule has 0 unspecified atom stereocenters. The van der Waals surface area contributed by atoms with Crippen molar-refractivity contribution in [2.45, 2.75) is 18.4 Å². The van der Waals surface area contributed by atoms with Gasteiger partial charge in [0.05, 0.1) is 24.8 Å². The largest absolute Gasteiger partial charge is 0.497 e. The minimum Gasteiger partial charge on any atom is -0.497 e. The molecule has 2 aromatic heterocycles. The first kappa shape index (κ1) is 15.9. The second-order valence-corrected chi connectivity index (χ2v) is 7.28. The fourth-order valence-electron chi connectivity index (χ4n) is 2.06. The van der Waals surface area contributed by atoms with Crippen LogP contribution in [0.15, 0.2) is 40.3 Å². The highest BCUT2D eigenvalue weighted by molar-refractivity contribution is 7.83. The monoisotopic (exact) mass is 348 g/mol. The van der Waals surface area contributed by atoms with E-state index in [0.29, 0.717) is 17.4 Å². The van der Waals surface area contributed by atoms with E-state index in [-0.39, 0.29) is 0 Å². The minimum absolute atomic E-state index is 0.309. The Morgan fingerprint density at radius 2 is 2.04 bits per heavy atom. The molecule has 0 fully saturated rings. The molecule has 0 aliphatic rings. The molecule has 0 saturated carbocycles. The van der Waals surface area contributed by atoms with Crippen LogP contribution in [0.2, 0.25) is 0 Å². The van der Waals surface area contributed by atoms with Gasteiger partial charge in [0, 0.05) is 21.7 Å². The van der Waals surface area contributed by atoms with Crippen LogP contribution in [0.3, 0.4) is 0 Å². The van der Waals surface area contributed by atoms with Gasteiger partial charge < -0.3 is 9.15 Å². The Morgan fingerprint density at radius 1 is 1.26 bits per heavy atom. The first-order chi connectivity index (χ1) is 11.1. The molecule has 3 aromatic rings. The van der Waals surface area contributed by atoms with Crippen LogP contribution in [0.25, 0.3) is 10.6 Å². The van der Waals surface area contributed by atoms with Gasteiger partial charge in [-0.05, 0) is 31.2 Å². The summed E-state index contributed by atoms with van der Waals surface area (Å²) in [7, 11) is 0.551. The zero-order valence-corrected chi connectivity index (χ0v) is 14.4. The van der Waals surface area contributed by atoms with Gasteiger partial charge in [0.1, 0.15) is 22.3 Å². The first-order valence-corrected chi connectivity index (χ1v) is 9.36. The number of methoxy groups -OCH3 is 1. The second-order valence-electron chi connectivity index (χ2n) is 4.97. The smallest absolute Gasteiger partial charge is 0.206 e. The van der Waals surface area contributed by atoms with Crippen molar-refractivity contribution in [3.8, 4) is 16.3 Å². The topological polar surface area (TPSA) is 65.2 Å². The third-order valence-corrected chi connectivity index (χ3v) is 5.28. The number of rotatable bonds is 6. The molecule has 0 N–H and O–H groups in total. The van der Waals surface area contributed by atoms with Gasteiger partial charge in [-0.25, -0.2) is 9.97 Å². The third kappa shape index (κ3) is 4.05. The van der Waals surface area contributed by atoms with Gasteiger partial charge in [-0.2, -0.15) is 0 Å². The van der Waals surface area contributed by atoms with Gasteiger partial charge in [0.2, 0.25) is 5.89 Å². The normalized spacial score (nSPS) is 12.3. The van der Waals surface area contributed by atoms with Crippen molar-refractivity contribution in [1.82, 2.24) is 9.97 Å². The van der Waals surface area contributed by atoms with Gasteiger partial charge in [0.15, 0.2) is 0 Å². The van der Waals surface area contributed by atoms with Crippen LogP contribution in [0.4, 0.5) is 0 Å². The molecule has 23 heavy (non-hydrogen) atoms. The predicted molar refractivity (Wildman–Crippen MR) is 90.9 cm³/mol. The van der Waals surface area contributed by atoms with Crippen molar-refractivity contribution in [3.05, 3.63) is 53.2 Å². The molecule has 0 aliphatic carbocycles. The zero-order valence-electron chi connectivity index (χ0n) is 12.8. The average Bonchev–Trinajstić information content (AvgIpc) is 3.16. The van der Waals surface area contributed by atoms with Gasteiger partial charge in [0.25, 0.3) is 0 Å². The number of aromatic nitrogens is 2. The van der Waals surface area contributed by atoms with E-state index in [1.807, 2.05) is 36.6 Å². The number of hydrogen-bond acceptors (Lipinski definition) is 6. The van der Waals surface area contributed by atoms with E-state index in [2.05, 4.69) is 9.97 Å². The van der Waals surface area contributed by atoms with Gasteiger partial charge in [-0.1, -0.05) is 0 Å². The minimum atomic E-state index is -1.09. The summed E-state index contributed by atoms with van der Waals surface area (Å²) < 4.78 is 22.7. The number of thiazole rings is 1. The fourth-order valence-corrected chi connectivity index (χ4v) is 3.98. The highest BCUT2D eigenvalue weighted by Gasteiger charge is 2.11. The van der Waals surface area contributed by atoms with Gasteiger partial charge in [-0.3, -0.25) is 4.21 Å². The molecule has 5 nitrogen and oxygen atoms in total. The highest BCUT2D eigenvalue weighted by atomic mass is 32.2. The van der Waals surface area contributed by atoms with E-state index in [1.165, 1.54) is 0 Å². The quantitative estimate of drug-likeness (QED) is 0.681. The summed E-state index contributed by atoms with van der Waals surface area (Å²) in [6.45, 7) is 1.82. The van der Waals surface area contributed by atoms with Gasteiger partial charge in [-0.15, -0.1) is 11.3 Å². The Hall–Kier alpha value is -1.99. The molecule has 0 spiro atoms. The van der Waals surface area contributed by atoms with E-state index in [0.717, 1.165) is 27.8 Å². The maximum Gasteiger partial charge on any atom is 0.206 e. The third-order valence-electron chi connectivity index (χ3n) is 3.15. The summed E-state index contributed by atoms with van der Waals surface area (Å²) in [6.07, 6.45) is 1.64. The van der Waals surface area contributed by atoms with Crippen LogP contribution in [0.1, 0.15) is 17.3 Å². The molecule has 0 saturated heterocycles. The van der Waals surface area contributed by atoms with Crippen molar-refractivity contribution >= 4 is 22.1 Å². The molecule has 2 heterocycles. The number of nitrogens with zero attached hydrogens (tertiary/aromatic N) is 2. The number of hydrogen-bond donors (Lipinski definition) is 0. The van der Waals surface area contributed by atoms with Gasteiger partial charge >= 0.3 is 0 Å². The van der Waals surface area contributed by atoms with Crippen LogP contribution < -0.4 is 4.74 Å². The fraction of sp³-hybridized carbons (Fsp3) is 0.250. The van der Waals surface area contributed by atoms with Crippen LogP contribution in [0, 0.1) is 6.92 Å². The lowest BCUT2D eigenvalue weighted by molar-refractivity contribution is 0.415. The predicted octanol–water partition coefficient (Wildman–Crippen LogP) is 3.56. The Kier molecular flexibility index (Phi) is 4.88. The summed E-state index contributed by atoms with van der Waals surface area (Å²) in [4.78, 5) is 8.63. The molecule has 3 rings (SSSR count). The second kappa shape index (κ2) is 7.06. The lowest BCUT2D eigenvalue weighted by atomic mass is 10.2. The molecular weight excluding hydrogens is 332 g/mol. The average molecular weight is 348 g/mol. The van der Waals surface area contributed by atoms with Crippen molar-refractivity contribution < 1.29 is 13.4 Å². The van der Waals surface area contributed by atoms with Crippen molar-refractivity contribution in [1.29, 1.82) is 0 Å². The summed E-state index contributed by atoms with van der Waals surface area (Å²) in [6, 6.07) is 7.74. The van der Waals surface area contributed by atoms with Crippen LogP contribution in [-0.2, 0) is 22.3 Å². The highest BCUT2D eigenvalue weighted by Crippen LogP contribution is 2.26. The standard InChI is InChI=1S/C16H16N2O3S2/c1-11-7-17-15(21-11)10-23(19)9-13-8-22-16(18-13)12-3-5-14(20-2)6-4-12/h3-8H,9-10H2,1-2H3/t23-/m0/s1. The molecule has 0 bridgehead atoms. The molecule has 120 valence electrons. The Balaban J connectivity index is 1.65. The van der Waals surface area contributed by atoms with E-state index in [4.69, 9.17) is 9.15 Å². The maximum atomic E-state index is 12.2. The Bertz CT molecular complexity index is 809. The van der Waals surface area contributed by atoms with Crippen LogP contribution in [-0.4, -0.2) is 21.3 Å². The number of oxazole rings is 1. The first-order valence-electron chi connectivity index (χ1n) is 6.99. The van der Waals surface area contributed by atoms with Crippen LogP contribution >= 0.6 is 11.3 Å². The summed E-state index contributed by atoms with van der Waals surface area (Å²) in [5.74, 6) is 2.75. The molecule has 1 atom stereocenters. The summed E-state index contributed by atoms with van der Waals surface area (Å²) >= 11 is 1.54. The van der Waals surface area contributed by atoms with E-state index in [1.54, 1.807) is 24.6 Å². The van der Waals surface area contributed by atoms with Crippen LogP contribution in [0.5, 0.6) is 5.75 Å².